The number of carbonyl (C=O) groups excluding carboxylic acids is 1. The monoisotopic (exact) mass is 378 g/mol. The van der Waals surface area contributed by atoms with Gasteiger partial charge in [0.1, 0.15) is 5.82 Å². The molecule has 5 nitrogen and oxygen atoms in total. The molecule has 1 aromatic heterocycles. The minimum atomic E-state index is 0.145. The molecule has 28 heavy (non-hydrogen) atoms. The van der Waals surface area contributed by atoms with Gasteiger partial charge >= 0.3 is 0 Å². The molecule has 1 aromatic carbocycles. The minimum absolute atomic E-state index is 0.145. The number of hydrogen-bond acceptors (Lipinski definition) is 3. The summed E-state index contributed by atoms with van der Waals surface area (Å²) in [5, 5.41) is 3.48. The van der Waals surface area contributed by atoms with Crippen LogP contribution in [0.15, 0.2) is 42.7 Å². The van der Waals surface area contributed by atoms with Crippen molar-refractivity contribution >= 4 is 5.91 Å². The summed E-state index contributed by atoms with van der Waals surface area (Å²) < 4.78 is 2.17. The average molecular weight is 379 g/mol. The number of imidazole rings is 1. The molecule has 148 valence electrons. The number of benzene rings is 1. The summed E-state index contributed by atoms with van der Waals surface area (Å²) in [5.74, 6) is 1.90. The van der Waals surface area contributed by atoms with Crippen LogP contribution in [0.5, 0.6) is 0 Å². The summed E-state index contributed by atoms with van der Waals surface area (Å²) in [7, 11) is 0. The first-order valence-electron chi connectivity index (χ1n) is 10.8. The van der Waals surface area contributed by atoms with E-state index in [0.29, 0.717) is 29.8 Å². The van der Waals surface area contributed by atoms with Crippen molar-refractivity contribution in [1.82, 2.24) is 19.8 Å². The van der Waals surface area contributed by atoms with Crippen LogP contribution in [-0.4, -0.2) is 39.5 Å². The number of rotatable bonds is 6. The van der Waals surface area contributed by atoms with E-state index in [1.165, 1.54) is 18.4 Å². The third-order valence-electron chi connectivity index (χ3n) is 7.19. The van der Waals surface area contributed by atoms with Crippen molar-refractivity contribution < 1.29 is 4.79 Å². The second kappa shape index (κ2) is 7.03. The highest BCUT2D eigenvalue weighted by molar-refractivity contribution is 5.83. The molecule has 2 saturated carbocycles. The Morgan fingerprint density at radius 1 is 1.29 bits per heavy atom. The van der Waals surface area contributed by atoms with Crippen LogP contribution in [0.2, 0.25) is 0 Å². The minimum Gasteiger partial charge on any atom is -0.334 e. The molecule has 5 rings (SSSR count). The lowest BCUT2D eigenvalue weighted by Gasteiger charge is -2.30. The fraction of sp³-hybridized carbons (Fsp3) is 0.565. The van der Waals surface area contributed by atoms with Crippen molar-refractivity contribution in [1.29, 1.82) is 0 Å². The van der Waals surface area contributed by atoms with Gasteiger partial charge < -0.3 is 14.8 Å². The van der Waals surface area contributed by atoms with Crippen molar-refractivity contribution in [2.45, 2.75) is 57.7 Å². The van der Waals surface area contributed by atoms with E-state index in [0.717, 1.165) is 38.3 Å². The molecule has 1 spiro atoms. The van der Waals surface area contributed by atoms with Gasteiger partial charge in [0.05, 0.1) is 6.54 Å². The molecule has 3 aliphatic rings. The molecule has 1 saturated heterocycles. The lowest BCUT2D eigenvalue weighted by atomic mass is 9.93. The summed E-state index contributed by atoms with van der Waals surface area (Å²) in [5.41, 5.74) is 1.66. The van der Waals surface area contributed by atoms with Crippen LogP contribution in [0.25, 0.3) is 0 Å². The Bertz CT molecular complexity index is 839. The van der Waals surface area contributed by atoms with E-state index in [-0.39, 0.29) is 5.92 Å². The van der Waals surface area contributed by atoms with E-state index >= 15 is 0 Å². The number of nitrogens with one attached hydrogen (secondary N) is 1. The van der Waals surface area contributed by atoms with Crippen LogP contribution in [-0.2, 0) is 17.9 Å². The number of aromatic nitrogens is 2. The van der Waals surface area contributed by atoms with Crippen LogP contribution in [0.1, 0.15) is 49.9 Å². The zero-order valence-corrected chi connectivity index (χ0v) is 16.7. The van der Waals surface area contributed by atoms with Crippen LogP contribution >= 0.6 is 0 Å². The first-order chi connectivity index (χ1) is 13.7. The largest absolute Gasteiger partial charge is 0.334 e. The molecule has 0 bridgehead atoms. The van der Waals surface area contributed by atoms with E-state index < -0.39 is 0 Å². The normalized spacial score (nSPS) is 27.5. The summed E-state index contributed by atoms with van der Waals surface area (Å²) in [6.45, 7) is 5.84. The molecule has 3 fully saturated rings. The molecule has 0 radical (unpaired) electrons. The highest BCUT2D eigenvalue weighted by Crippen LogP contribution is 2.58. The van der Waals surface area contributed by atoms with Gasteiger partial charge in [-0.05, 0) is 62.6 Å². The van der Waals surface area contributed by atoms with Gasteiger partial charge in [0.2, 0.25) is 5.91 Å². The van der Waals surface area contributed by atoms with Crippen molar-refractivity contribution in [3.05, 3.63) is 54.1 Å². The Hall–Kier alpha value is -2.14. The third-order valence-corrected chi connectivity index (χ3v) is 7.19. The maximum absolute atomic E-state index is 13.6. The standard InChI is InChI=1S/C23H30N4O/c1-2-26-13-12-25-21(26)16-27(20-15-23(20)8-10-24-11-9-23)22(28)19-14-18(19)17-6-4-3-5-7-17/h3-7,12-13,18-20,24H,2,8-11,14-16H2,1H3/t18-,19+,20-/m0/s1. The van der Waals surface area contributed by atoms with Gasteiger partial charge in [-0.25, -0.2) is 4.98 Å². The maximum Gasteiger partial charge on any atom is 0.226 e. The van der Waals surface area contributed by atoms with E-state index in [1.807, 2.05) is 18.5 Å². The third kappa shape index (κ3) is 3.16. The number of hydrogen-bond donors (Lipinski definition) is 1. The zero-order chi connectivity index (χ0) is 19.1. The molecule has 5 heteroatoms. The van der Waals surface area contributed by atoms with Gasteiger partial charge in [-0.15, -0.1) is 0 Å². The van der Waals surface area contributed by atoms with Crippen molar-refractivity contribution in [3.63, 3.8) is 0 Å². The smallest absolute Gasteiger partial charge is 0.226 e. The van der Waals surface area contributed by atoms with E-state index in [2.05, 4.69) is 51.0 Å². The predicted octanol–water partition coefficient (Wildman–Crippen LogP) is 3.18. The molecule has 1 aliphatic heterocycles. The molecule has 2 aliphatic carbocycles. The second-order valence-corrected chi connectivity index (χ2v) is 8.79. The predicted molar refractivity (Wildman–Crippen MR) is 109 cm³/mol. The van der Waals surface area contributed by atoms with Crippen LogP contribution < -0.4 is 5.32 Å². The van der Waals surface area contributed by atoms with Gasteiger partial charge in [0, 0.05) is 30.9 Å². The van der Waals surface area contributed by atoms with Gasteiger partial charge in [0.15, 0.2) is 0 Å². The fourth-order valence-corrected chi connectivity index (χ4v) is 5.25. The summed E-state index contributed by atoms with van der Waals surface area (Å²) >= 11 is 0. The summed E-state index contributed by atoms with van der Waals surface area (Å²) in [4.78, 5) is 20.4. The Kier molecular flexibility index (Phi) is 4.50. The highest BCUT2D eigenvalue weighted by atomic mass is 16.2. The lowest BCUT2D eigenvalue weighted by molar-refractivity contribution is -0.134. The molecule has 3 atom stereocenters. The van der Waals surface area contributed by atoms with Crippen molar-refractivity contribution in [3.8, 4) is 0 Å². The number of amides is 1. The van der Waals surface area contributed by atoms with Crippen molar-refractivity contribution in [2.24, 2.45) is 11.3 Å². The Balaban J connectivity index is 1.36. The van der Waals surface area contributed by atoms with Crippen LogP contribution in [0, 0.1) is 11.3 Å². The number of aryl methyl sites for hydroxylation is 1. The maximum atomic E-state index is 13.6. The Morgan fingerprint density at radius 2 is 2.07 bits per heavy atom. The van der Waals surface area contributed by atoms with Gasteiger partial charge in [0.25, 0.3) is 0 Å². The lowest BCUT2D eigenvalue weighted by Crippen LogP contribution is -2.40. The molecule has 1 amide bonds. The Labute approximate surface area is 167 Å². The quantitative estimate of drug-likeness (QED) is 0.840. The molecule has 2 aromatic rings. The van der Waals surface area contributed by atoms with Gasteiger partial charge in [-0.2, -0.15) is 0 Å². The Morgan fingerprint density at radius 3 is 2.82 bits per heavy atom. The average Bonchev–Trinajstić information content (AvgIpc) is 3.62. The molecule has 0 unspecified atom stereocenters. The summed E-state index contributed by atoms with van der Waals surface area (Å²) in [6, 6.07) is 10.9. The molecule has 2 heterocycles. The topological polar surface area (TPSA) is 50.2 Å². The first kappa shape index (κ1) is 17.9. The van der Waals surface area contributed by atoms with E-state index in [4.69, 9.17) is 0 Å². The van der Waals surface area contributed by atoms with Crippen LogP contribution in [0.3, 0.4) is 0 Å². The number of nitrogens with zero attached hydrogens (tertiary/aromatic N) is 3. The van der Waals surface area contributed by atoms with Crippen LogP contribution in [0.4, 0.5) is 0 Å². The first-order valence-corrected chi connectivity index (χ1v) is 10.8. The fourth-order valence-electron chi connectivity index (χ4n) is 5.25. The van der Waals surface area contributed by atoms with Gasteiger partial charge in [-0.3, -0.25) is 4.79 Å². The highest BCUT2D eigenvalue weighted by Gasteiger charge is 2.59. The van der Waals surface area contributed by atoms with E-state index in [1.54, 1.807) is 0 Å². The SMILES string of the molecule is CCn1ccnc1CN(C(=O)[C@@H]1C[C@H]1c1ccccc1)[C@H]1CC12CCNCC2. The van der Waals surface area contributed by atoms with E-state index in [9.17, 15) is 4.79 Å². The number of carbonyl (C=O) groups is 1. The number of piperidine rings is 1. The molecular formula is C23H30N4O. The van der Waals surface area contributed by atoms with Crippen molar-refractivity contribution in [2.75, 3.05) is 13.1 Å². The molecule has 1 N–H and O–H groups in total. The van der Waals surface area contributed by atoms with Gasteiger partial charge in [-0.1, -0.05) is 30.3 Å². The zero-order valence-electron chi connectivity index (χ0n) is 16.7. The molecular weight excluding hydrogens is 348 g/mol. The second-order valence-electron chi connectivity index (χ2n) is 8.79. The summed E-state index contributed by atoms with van der Waals surface area (Å²) in [6.07, 6.45) is 8.42.